The van der Waals surface area contributed by atoms with E-state index in [0.717, 1.165) is 0 Å². The van der Waals surface area contributed by atoms with E-state index in [2.05, 4.69) is 0 Å². The van der Waals surface area contributed by atoms with Crippen LogP contribution in [0.15, 0.2) is 16.8 Å². The molecule has 1 aliphatic heterocycles. The summed E-state index contributed by atoms with van der Waals surface area (Å²) in [5.41, 5.74) is 0.0322. The predicted octanol–water partition coefficient (Wildman–Crippen LogP) is 2.57. The van der Waals surface area contributed by atoms with Gasteiger partial charge in [-0.15, -0.1) is 0 Å². The van der Waals surface area contributed by atoms with Crippen molar-refractivity contribution in [3.63, 3.8) is 0 Å². The van der Waals surface area contributed by atoms with E-state index in [-0.39, 0.29) is 12.4 Å². The molecule has 0 N–H and O–H groups in total. The Morgan fingerprint density at radius 3 is 2.80 bits per heavy atom. The lowest BCUT2D eigenvalue weighted by Crippen LogP contribution is -2.53. The van der Waals surface area contributed by atoms with Gasteiger partial charge >= 0.3 is 6.09 Å². The molecule has 1 fully saturated rings. The Balaban J connectivity index is 2.13. The van der Waals surface area contributed by atoms with Gasteiger partial charge in [-0.25, -0.2) is 4.79 Å². The van der Waals surface area contributed by atoms with Crippen LogP contribution in [0.2, 0.25) is 0 Å². The van der Waals surface area contributed by atoms with E-state index in [1.165, 1.54) is 16.2 Å². The standard InChI is InChI=1S/C14H19NO4S/c1-14(2,3)19-13(17)15-5-6-18-8-11(15)12(16)10-4-7-20-9-10/h4,7,9,11H,5-6,8H2,1-3H3. The minimum atomic E-state index is -0.604. The minimum absolute atomic E-state index is 0.100. The van der Waals surface area contributed by atoms with E-state index < -0.39 is 17.7 Å². The Hall–Kier alpha value is -1.40. The maximum absolute atomic E-state index is 12.4. The third kappa shape index (κ3) is 3.58. The zero-order valence-corrected chi connectivity index (χ0v) is 12.7. The van der Waals surface area contributed by atoms with Crippen LogP contribution in [0, 0.1) is 0 Å². The van der Waals surface area contributed by atoms with Gasteiger partial charge in [0.2, 0.25) is 0 Å². The van der Waals surface area contributed by atoms with Gasteiger partial charge in [0.05, 0.1) is 13.2 Å². The fourth-order valence-corrected chi connectivity index (χ4v) is 2.60. The SMILES string of the molecule is CC(C)(C)OC(=O)N1CCOCC1C(=O)c1ccsc1. The first kappa shape index (κ1) is 15.0. The second-order valence-corrected chi connectivity index (χ2v) is 6.42. The monoisotopic (exact) mass is 297 g/mol. The van der Waals surface area contributed by atoms with E-state index >= 15 is 0 Å². The van der Waals surface area contributed by atoms with Crippen molar-refractivity contribution in [3.8, 4) is 0 Å². The summed E-state index contributed by atoms with van der Waals surface area (Å²) in [6.45, 7) is 6.43. The first-order valence-corrected chi connectivity index (χ1v) is 7.46. The van der Waals surface area contributed by atoms with Crippen LogP contribution < -0.4 is 0 Å². The quantitative estimate of drug-likeness (QED) is 0.787. The van der Waals surface area contributed by atoms with Crippen molar-refractivity contribution in [1.82, 2.24) is 4.90 Å². The molecule has 0 saturated carbocycles. The van der Waals surface area contributed by atoms with Gasteiger partial charge in [0.15, 0.2) is 5.78 Å². The lowest BCUT2D eigenvalue weighted by Gasteiger charge is -2.35. The molecule has 2 heterocycles. The second-order valence-electron chi connectivity index (χ2n) is 5.64. The van der Waals surface area contributed by atoms with E-state index in [9.17, 15) is 9.59 Å². The second kappa shape index (κ2) is 5.93. The van der Waals surface area contributed by atoms with Gasteiger partial charge in [-0.2, -0.15) is 11.3 Å². The van der Waals surface area contributed by atoms with Crippen molar-refractivity contribution < 1.29 is 19.1 Å². The van der Waals surface area contributed by atoms with Gasteiger partial charge in [-0.3, -0.25) is 9.69 Å². The molecule has 2 rings (SSSR count). The molecule has 1 unspecified atom stereocenters. The minimum Gasteiger partial charge on any atom is -0.444 e. The van der Waals surface area contributed by atoms with E-state index in [0.29, 0.717) is 18.7 Å². The number of ether oxygens (including phenoxy) is 2. The Morgan fingerprint density at radius 2 is 2.20 bits per heavy atom. The molecule has 1 aromatic rings. The fourth-order valence-electron chi connectivity index (χ4n) is 1.96. The number of hydrogen-bond acceptors (Lipinski definition) is 5. The van der Waals surface area contributed by atoms with Crippen LogP contribution in [0.25, 0.3) is 0 Å². The molecule has 1 saturated heterocycles. The summed E-state index contributed by atoms with van der Waals surface area (Å²) in [5, 5.41) is 3.62. The topological polar surface area (TPSA) is 55.8 Å². The van der Waals surface area contributed by atoms with Crippen molar-refractivity contribution in [2.24, 2.45) is 0 Å². The van der Waals surface area contributed by atoms with Crippen LogP contribution in [-0.2, 0) is 9.47 Å². The molecule has 20 heavy (non-hydrogen) atoms. The summed E-state index contributed by atoms with van der Waals surface area (Å²) in [7, 11) is 0. The summed E-state index contributed by atoms with van der Waals surface area (Å²) in [4.78, 5) is 26.1. The lowest BCUT2D eigenvalue weighted by atomic mass is 10.1. The van der Waals surface area contributed by atoms with E-state index in [1.54, 1.807) is 32.2 Å². The summed E-state index contributed by atoms with van der Waals surface area (Å²) in [6.07, 6.45) is -0.464. The maximum Gasteiger partial charge on any atom is 0.411 e. The third-order valence-electron chi connectivity index (χ3n) is 2.86. The molecule has 0 aromatic carbocycles. The summed E-state index contributed by atoms with van der Waals surface area (Å²) in [6, 6.07) is 1.16. The highest BCUT2D eigenvalue weighted by Gasteiger charge is 2.35. The van der Waals surface area contributed by atoms with E-state index in [4.69, 9.17) is 9.47 Å². The van der Waals surface area contributed by atoms with Crippen molar-refractivity contribution in [2.45, 2.75) is 32.4 Å². The normalized spacial score (nSPS) is 19.8. The molecule has 5 nitrogen and oxygen atoms in total. The molecule has 1 atom stereocenters. The smallest absolute Gasteiger partial charge is 0.411 e. The lowest BCUT2D eigenvalue weighted by molar-refractivity contribution is -0.0265. The molecule has 0 spiro atoms. The first-order valence-electron chi connectivity index (χ1n) is 6.52. The predicted molar refractivity (Wildman–Crippen MR) is 76.2 cm³/mol. The number of hydrogen-bond donors (Lipinski definition) is 0. The van der Waals surface area contributed by atoms with Gasteiger partial charge < -0.3 is 9.47 Å². The van der Waals surface area contributed by atoms with E-state index in [1.807, 2.05) is 5.38 Å². The highest BCUT2D eigenvalue weighted by Crippen LogP contribution is 2.18. The van der Waals surface area contributed by atoms with Gasteiger partial charge in [0.1, 0.15) is 11.6 Å². The van der Waals surface area contributed by atoms with Crippen LogP contribution >= 0.6 is 11.3 Å². The van der Waals surface area contributed by atoms with Crippen LogP contribution in [0.3, 0.4) is 0 Å². The number of thiophene rings is 1. The molecular formula is C14H19NO4S. The van der Waals surface area contributed by atoms with Crippen LogP contribution in [0.1, 0.15) is 31.1 Å². The maximum atomic E-state index is 12.4. The summed E-state index contributed by atoms with van der Waals surface area (Å²) >= 11 is 1.46. The number of amides is 1. The largest absolute Gasteiger partial charge is 0.444 e. The van der Waals surface area contributed by atoms with Gasteiger partial charge in [0.25, 0.3) is 0 Å². The molecular weight excluding hydrogens is 278 g/mol. The van der Waals surface area contributed by atoms with Crippen molar-refractivity contribution in [2.75, 3.05) is 19.8 Å². The number of carbonyl (C=O) groups is 2. The number of nitrogens with zero attached hydrogens (tertiary/aromatic N) is 1. The van der Waals surface area contributed by atoms with Gasteiger partial charge in [0, 0.05) is 17.5 Å². The van der Waals surface area contributed by atoms with Gasteiger partial charge in [-0.1, -0.05) is 0 Å². The first-order chi connectivity index (χ1) is 9.38. The highest BCUT2D eigenvalue weighted by molar-refractivity contribution is 7.08. The third-order valence-corrected chi connectivity index (χ3v) is 3.55. The number of Topliss-reactive ketones (excluding diaryl/α,β-unsaturated/α-hetero) is 1. The Morgan fingerprint density at radius 1 is 1.45 bits per heavy atom. The molecule has 0 radical (unpaired) electrons. The Labute approximate surface area is 122 Å². The summed E-state index contributed by atoms with van der Waals surface area (Å²) in [5.74, 6) is -0.100. The average Bonchev–Trinajstić information content (AvgIpc) is 2.89. The van der Waals surface area contributed by atoms with Crippen molar-refractivity contribution >= 4 is 23.2 Å². The Kier molecular flexibility index (Phi) is 4.45. The van der Waals surface area contributed by atoms with Crippen molar-refractivity contribution in [3.05, 3.63) is 22.4 Å². The molecule has 110 valence electrons. The molecule has 1 amide bonds. The number of morpholine rings is 1. The number of rotatable bonds is 2. The molecule has 1 aliphatic rings. The van der Waals surface area contributed by atoms with Crippen LogP contribution in [0.5, 0.6) is 0 Å². The number of ketones is 1. The van der Waals surface area contributed by atoms with Crippen molar-refractivity contribution in [1.29, 1.82) is 0 Å². The highest BCUT2D eigenvalue weighted by atomic mass is 32.1. The van der Waals surface area contributed by atoms with Crippen LogP contribution in [0.4, 0.5) is 4.79 Å². The Bertz CT molecular complexity index is 478. The summed E-state index contributed by atoms with van der Waals surface area (Å²) < 4.78 is 10.7. The average molecular weight is 297 g/mol. The fraction of sp³-hybridized carbons (Fsp3) is 0.571. The van der Waals surface area contributed by atoms with Gasteiger partial charge in [-0.05, 0) is 32.2 Å². The van der Waals surface area contributed by atoms with Crippen LogP contribution in [-0.4, -0.2) is 48.2 Å². The number of carbonyl (C=O) groups excluding carboxylic acids is 2. The zero-order chi connectivity index (χ0) is 14.8. The molecule has 0 aliphatic carbocycles. The molecule has 6 heteroatoms. The molecule has 1 aromatic heterocycles. The molecule has 0 bridgehead atoms. The zero-order valence-electron chi connectivity index (χ0n) is 11.9.